The molecular weight excluding hydrogens is 368 g/mol. The summed E-state index contributed by atoms with van der Waals surface area (Å²) in [5.74, 6) is 0.283. The minimum Gasteiger partial charge on any atom is -0.385 e. The molecule has 0 bridgehead atoms. The highest BCUT2D eigenvalue weighted by molar-refractivity contribution is 6.08. The summed E-state index contributed by atoms with van der Waals surface area (Å²) in [5, 5.41) is 24.0. The van der Waals surface area contributed by atoms with Crippen LogP contribution in [0.2, 0.25) is 0 Å². The molecular formula is C22H22N4O3. The Balaban J connectivity index is 1.94. The average molecular weight is 390 g/mol. The van der Waals surface area contributed by atoms with Crippen molar-refractivity contribution in [1.82, 2.24) is 14.1 Å². The molecule has 0 spiro atoms. The highest BCUT2D eigenvalue weighted by atomic mass is 16.6. The van der Waals surface area contributed by atoms with Gasteiger partial charge in [0.2, 0.25) is 0 Å². The molecule has 0 radical (unpaired) electrons. The van der Waals surface area contributed by atoms with E-state index in [1.54, 1.807) is 19.9 Å². The Bertz CT molecular complexity index is 1260. The maximum Gasteiger partial charge on any atom is 0.347 e. The van der Waals surface area contributed by atoms with Crippen LogP contribution in [0.15, 0.2) is 48.7 Å². The Morgan fingerprint density at radius 3 is 2.66 bits per heavy atom. The number of rotatable bonds is 5. The predicted molar refractivity (Wildman–Crippen MR) is 115 cm³/mol. The first kappa shape index (κ1) is 18.9. The molecule has 29 heavy (non-hydrogen) atoms. The predicted octanol–water partition coefficient (Wildman–Crippen LogP) is 4.61. The molecule has 0 aliphatic heterocycles. The van der Waals surface area contributed by atoms with Gasteiger partial charge in [-0.25, -0.2) is 4.98 Å². The quantitative estimate of drug-likeness (QED) is 0.398. The van der Waals surface area contributed by atoms with Crippen LogP contribution < -0.4 is 0 Å². The van der Waals surface area contributed by atoms with Crippen molar-refractivity contribution in [3.63, 3.8) is 0 Å². The van der Waals surface area contributed by atoms with E-state index >= 15 is 0 Å². The Kier molecular flexibility index (Phi) is 4.68. The number of aryl methyl sites for hydroxylation is 2. The van der Waals surface area contributed by atoms with Crippen LogP contribution in [-0.4, -0.2) is 30.3 Å². The van der Waals surface area contributed by atoms with Gasteiger partial charge in [-0.3, -0.25) is 0 Å². The van der Waals surface area contributed by atoms with E-state index in [2.05, 4.69) is 40.7 Å². The van der Waals surface area contributed by atoms with Gasteiger partial charge in [0, 0.05) is 35.3 Å². The van der Waals surface area contributed by atoms with E-state index < -0.39 is 11.0 Å². The Hall–Kier alpha value is -3.45. The molecule has 4 rings (SSSR count). The lowest BCUT2D eigenvalue weighted by molar-refractivity contribution is -0.391. The molecule has 0 saturated heterocycles. The molecule has 7 nitrogen and oxygen atoms in total. The molecule has 0 amide bonds. The zero-order chi connectivity index (χ0) is 20.7. The lowest BCUT2D eigenvalue weighted by Crippen LogP contribution is -2.14. The number of nitrogens with zero attached hydrogens (tertiary/aromatic N) is 4. The third kappa shape index (κ3) is 3.09. The van der Waals surface area contributed by atoms with Gasteiger partial charge in [0.1, 0.15) is 18.0 Å². The van der Waals surface area contributed by atoms with Crippen molar-refractivity contribution in [2.75, 3.05) is 0 Å². The third-order valence-electron chi connectivity index (χ3n) is 5.22. The number of hydrogen-bond donors (Lipinski definition) is 1. The number of aromatic nitrogens is 3. The second-order valence-electron chi connectivity index (χ2n) is 7.04. The second kappa shape index (κ2) is 7.18. The largest absolute Gasteiger partial charge is 0.385 e. The van der Waals surface area contributed by atoms with Crippen molar-refractivity contribution in [1.29, 1.82) is 0 Å². The molecule has 148 valence electrons. The molecule has 7 heteroatoms. The molecule has 4 aromatic rings. The monoisotopic (exact) mass is 390 g/mol. The van der Waals surface area contributed by atoms with E-state index in [4.69, 9.17) is 0 Å². The zero-order valence-electron chi connectivity index (χ0n) is 16.5. The van der Waals surface area contributed by atoms with Crippen molar-refractivity contribution < 1.29 is 10.0 Å². The van der Waals surface area contributed by atoms with Crippen molar-refractivity contribution >= 4 is 39.4 Å². The minimum atomic E-state index is -0.908. The molecule has 1 unspecified atom stereocenters. The Morgan fingerprint density at radius 1 is 1.24 bits per heavy atom. The van der Waals surface area contributed by atoms with E-state index in [0.717, 1.165) is 28.4 Å². The fourth-order valence-electron chi connectivity index (χ4n) is 3.92. The fourth-order valence-corrected chi connectivity index (χ4v) is 3.92. The lowest BCUT2D eigenvalue weighted by Gasteiger charge is -2.10. The van der Waals surface area contributed by atoms with Crippen molar-refractivity contribution in [2.24, 2.45) is 0 Å². The van der Waals surface area contributed by atoms with Crippen molar-refractivity contribution in [2.45, 2.75) is 33.4 Å². The number of nitro groups is 1. The normalized spacial score (nSPS) is 13.3. The molecule has 2 aromatic heterocycles. The lowest BCUT2D eigenvalue weighted by atomic mass is 10.1. The average Bonchev–Trinajstić information content (AvgIpc) is 3.23. The summed E-state index contributed by atoms with van der Waals surface area (Å²) in [6, 6.07) is 14.3. The second-order valence-corrected chi connectivity index (χ2v) is 7.04. The van der Waals surface area contributed by atoms with Crippen LogP contribution in [0.25, 0.3) is 33.6 Å². The number of para-hydroxylation sites is 1. The van der Waals surface area contributed by atoms with Crippen LogP contribution in [0.1, 0.15) is 25.2 Å². The van der Waals surface area contributed by atoms with Gasteiger partial charge in [-0.05, 0) is 48.6 Å². The van der Waals surface area contributed by atoms with Gasteiger partial charge >= 0.3 is 5.82 Å². The van der Waals surface area contributed by atoms with E-state index in [1.165, 1.54) is 16.3 Å². The smallest absolute Gasteiger partial charge is 0.347 e. The van der Waals surface area contributed by atoms with Crippen LogP contribution >= 0.6 is 0 Å². The van der Waals surface area contributed by atoms with Gasteiger partial charge in [0.15, 0.2) is 5.82 Å². The number of aliphatic hydroxyl groups is 1. The van der Waals surface area contributed by atoms with Crippen molar-refractivity contribution in [3.8, 4) is 0 Å². The highest BCUT2D eigenvalue weighted by Gasteiger charge is 2.24. The van der Waals surface area contributed by atoms with Crippen molar-refractivity contribution in [3.05, 3.63) is 70.2 Å². The first-order valence-corrected chi connectivity index (χ1v) is 9.52. The first-order chi connectivity index (χ1) is 13.9. The third-order valence-corrected chi connectivity index (χ3v) is 5.22. The molecule has 0 saturated carbocycles. The molecule has 2 aromatic carbocycles. The maximum absolute atomic E-state index is 11.4. The first-order valence-electron chi connectivity index (χ1n) is 9.52. The highest BCUT2D eigenvalue weighted by Crippen LogP contribution is 2.31. The van der Waals surface area contributed by atoms with Crippen LogP contribution in [0.4, 0.5) is 5.82 Å². The summed E-state index contributed by atoms with van der Waals surface area (Å²) >= 11 is 0. The van der Waals surface area contributed by atoms with E-state index in [9.17, 15) is 15.2 Å². The number of imidazole rings is 1. The van der Waals surface area contributed by atoms with Crippen LogP contribution in [0.3, 0.4) is 0 Å². The number of fused-ring (bicyclic) bond motifs is 3. The Labute approximate surface area is 167 Å². The Morgan fingerprint density at radius 2 is 1.97 bits per heavy atom. The van der Waals surface area contributed by atoms with Gasteiger partial charge in [-0.15, -0.1) is 0 Å². The topological polar surface area (TPSA) is 86.1 Å². The molecule has 0 fully saturated rings. The van der Waals surface area contributed by atoms with Crippen LogP contribution in [0, 0.1) is 17.0 Å². The number of aliphatic hydroxyl groups excluding tert-OH is 1. The number of hydrogen-bond acceptors (Lipinski definition) is 4. The number of benzene rings is 2. The molecule has 1 atom stereocenters. The maximum atomic E-state index is 11.4. The molecule has 1 N–H and O–H groups in total. The van der Waals surface area contributed by atoms with Gasteiger partial charge < -0.3 is 19.8 Å². The minimum absolute atomic E-state index is 0.168. The standard InChI is InChI=1S/C22H22N4O3/c1-4-24-19-8-6-5-7-17(19)18-11-16(9-10-20(18)24)12-21(14(2)27)25-15(3)23-13-22(25)26(28)29/h5-14,27H,4H2,1-3H3/b21-12+. The van der Waals surface area contributed by atoms with Gasteiger partial charge in [0.05, 0.1) is 0 Å². The zero-order valence-corrected chi connectivity index (χ0v) is 16.5. The molecule has 0 aliphatic carbocycles. The van der Waals surface area contributed by atoms with E-state index in [1.807, 2.05) is 18.2 Å². The SMILES string of the molecule is CCn1c2ccccc2c2cc(/C=C(\C(C)O)n3c([N+](=O)[O-])cnc3C)ccc21. The molecule has 0 aliphatic rings. The van der Waals surface area contributed by atoms with Gasteiger partial charge in [0.25, 0.3) is 0 Å². The summed E-state index contributed by atoms with van der Waals surface area (Å²) in [4.78, 5) is 15.0. The summed E-state index contributed by atoms with van der Waals surface area (Å²) in [6.07, 6.45) is 2.09. The fraction of sp³-hybridized carbons (Fsp3) is 0.227. The summed E-state index contributed by atoms with van der Waals surface area (Å²) in [7, 11) is 0. The van der Waals surface area contributed by atoms with E-state index in [0.29, 0.717) is 11.5 Å². The van der Waals surface area contributed by atoms with Gasteiger partial charge in [-0.1, -0.05) is 24.3 Å². The van der Waals surface area contributed by atoms with Crippen LogP contribution in [0.5, 0.6) is 0 Å². The summed E-state index contributed by atoms with van der Waals surface area (Å²) in [6.45, 7) is 6.25. The van der Waals surface area contributed by atoms with Crippen LogP contribution in [-0.2, 0) is 6.54 Å². The molecule has 2 heterocycles. The summed E-state index contributed by atoms with van der Waals surface area (Å²) < 4.78 is 3.66. The van der Waals surface area contributed by atoms with E-state index in [-0.39, 0.29) is 5.82 Å². The van der Waals surface area contributed by atoms with Gasteiger partial charge in [-0.2, -0.15) is 4.57 Å². The summed E-state index contributed by atoms with van der Waals surface area (Å²) in [5.41, 5.74) is 3.57.